The lowest BCUT2D eigenvalue weighted by Crippen LogP contribution is -2.41. The van der Waals surface area contributed by atoms with Crippen LogP contribution in [-0.2, 0) is 30.6 Å². The molecule has 8 nitrogen and oxygen atoms in total. The van der Waals surface area contributed by atoms with Gasteiger partial charge in [0.15, 0.2) is 5.82 Å². The molecule has 1 atom stereocenters. The van der Waals surface area contributed by atoms with E-state index in [0.29, 0.717) is 13.0 Å². The second-order valence-electron chi connectivity index (χ2n) is 13.1. The van der Waals surface area contributed by atoms with Crippen molar-refractivity contribution in [2.24, 2.45) is 5.92 Å². The van der Waals surface area contributed by atoms with Crippen LogP contribution in [0.5, 0.6) is 0 Å². The summed E-state index contributed by atoms with van der Waals surface area (Å²) in [5.74, 6) is 1.83. The Morgan fingerprint density at radius 3 is 2.21 bits per heavy atom. The van der Waals surface area contributed by atoms with E-state index in [1.54, 1.807) is 0 Å². The number of carbonyl (C=O) groups is 1. The van der Waals surface area contributed by atoms with E-state index in [-0.39, 0.29) is 17.9 Å². The van der Waals surface area contributed by atoms with Crippen molar-refractivity contribution >= 4 is 38.5 Å². The number of amides is 1. The van der Waals surface area contributed by atoms with Crippen LogP contribution in [0.3, 0.4) is 0 Å². The molecule has 48 heavy (non-hydrogen) atoms. The number of aryl methyl sites for hydroxylation is 2. The average Bonchev–Trinajstić information content (AvgIpc) is 3.86. The predicted octanol–water partition coefficient (Wildman–Crippen LogP) is 7.02. The fraction of sp³-hybridized carbons (Fsp3) is 0.275. The van der Waals surface area contributed by atoms with Crippen molar-refractivity contribution in [3.05, 3.63) is 132 Å². The predicted molar refractivity (Wildman–Crippen MR) is 192 cm³/mol. The van der Waals surface area contributed by atoms with Crippen molar-refractivity contribution in [3.63, 3.8) is 0 Å². The molecule has 0 bridgehead atoms. The first-order chi connectivity index (χ1) is 23.7. The molecule has 0 radical (unpaired) electrons. The molecule has 1 aliphatic heterocycles. The Morgan fingerprint density at radius 2 is 1.42 bits per heavy atom. The Labute approximate surface area is 280 Å². The second-order valence-corrected chi connectivity index (χ2v) is 13.1. The van der Waals surface area contributed by atoms with E-state index >= 15 is 0 Å². The molecule has 4 N–H and O–H groups in total. The van der Waals surface area contributed by atoms with Crippen molar-refractivity contribution in [2.45, 2.75) is 51.1 Å². The van der Waals surface area contributed by atoms with Crippen molar-refractivity contribution < 1.29 is 4.79 Å². The molecule has 0 aliphatic carbocycles. The maximum atomic E-state index is 13.8. The van der Waals surface area contributed by atoms with Gasteiger partial charge in [-0.3, -0.25) is 4.79 Å². The number of rotatable bonds is 11. The normalized spacial score (nSPS) is 14.6. The molecule has 242 valence electrons. The highest BCUT2D eigenvalue weighted by molar-refractivity contribution is 5.86. The van der Waals surface area contributed by atoms with Gasteiger partial charge >= 0.3 is 0 Å². The summed E-state index contributed by atoms with van der Waals surface area (Å²) < 4.78 is 2.28. The first-order valence-corrected chi connectivity index (χ1v) is 17.2. The van der Waals surface area contributed by atoms with Crippen LogP contribution in [0, 0.1) is 5.92 Å². The zero-order chi connectivity index (χ0) is 32.3. The lowest BCUT2D eigenvalue weighted by molar-refractivity contribution is -0.126. The summed E-state index contributed by atoms with van der Waals surface area (Å²) in [6, 6.07) is 31.5. The highest BCUT2D eigenvalue weighted by atomic mass is 16.2. The van der Waals surface area contributed by atoms with E-state index in [4.69, 9.17) is 10.2 Å². The van der Waals surface area contributed by atoms with Crippen LogP contribution in [0.25, 0.3) is 32.6 Å². The summed E-state index contributed by atoms with van der Waals surface area (Å²) in [7, 11) is 0. The van der Waals surface area contributed by atoms with Gasteiger partial charge in [-0.05, 0) is 78.4 Å². The molecule has 4 aromatic carbocycles. The minimum absolute atomic E-state index is 0.0122. The Bertz CT molecular complexity index is 2180. The van der Waals surface area contributed by atoms with Crippen LogP contribution < -0.4 is 10.6 Å². The Kier molecular flexibility index (Phi) is 8.47. The van der Waals surface area contributed by atoms with Gasteiger partial charge < -0.3 is 25.2 Å². The largest absolute Gasteiger partial charge is 0.361 e. The van der Waals surface area contributed by atoms with Crippen molar-refractivity contribution in [2.75, 3.05) is 13.1 Å². The summed E-state index contributed by atoms with van der Waals surface area (Å²) >= 11 is 0. The summed E-state index contributed by atoms with van der Waals surface area (Å²) in [6.45, 7) is 2.35. The molecule has 3 aromatic heterocycles. The monoisotopic (exact) mass is 635 g/mol. The van der Waals surface area contributed by atoms with Crippen LogP contribution in [0.4, 0.5) is 0 Å². The van der Waals surface area contributed by atoms with E-state index < -0.39 is 0 Å². The van der Waals surface area contributed by atoms with Gasteiger partial charge in [0.1, 0.15) is 5.82 Å². The number of carbonyl (C=O) groups excluding carboxylic acids is 1. The molecule has 0 spiro atoms. The number of H-pyrrole nitrogens is 2. The second kappa shape index (κ2) is 13.5. The van der Waals surface area contributed by atoms with E-state index in [1.807, 2.05) is 6.07 Å². The minimum atomic E-state index is -0.337. The number of piperidine rings is 1. The van der Waals surface area contributed by atoms with Crippen LogP contribution >= 0.6 is 0 Å². The summed E-state index contributed by atoms with van der Waals surface area (Å²) in [6.07, 6.45) is 9.14. The number of aromatic nitrogens is 5. The number of hydrogen-bond donors (Lipinski definition) is 4. The van der Waals surface area contributed by atoms with Crippen molar-refractivity contribution in [1.29, 1.82) is 0 Å². The van der Waals surface area contributed by atoms with Gasteiger partial charge in [0.2, 0.25) is 5.91 Å². The van der Waals surface area contributed by atoms with Crippen LogP contribution in [0.1, 0.15) is 53.6 Å². The van der Waals surface area contributed by atoms with Crippen molar-refractivity contribution in [1.82, 2.24) is 35.4 Å². The van der Waals surface area contributed by atoms with Crippen LogP contribution in [-0.4, -0.2) is 43.7 Å². The zero-order valence-electron chi connectivity index (χ0n) is 27.1. The standard InChI is InChI=1S/C40H41N7O/c48-40(28-19-21-41-22-20-28)44-37(23-31-25-43-36-17-6-4-15-34(31)36)39-46-45-38(18-8-11-29-24-42-35-16-5-3-14-33(29)35)47(39)26-30-12-7-10-27-9-1-2-13-32(27)30/h1-7,9-10,12-17,24-25,28,37,41-43H,8,11,18-23,26H2,(H,44,48)/t37-/m1/s1. The van der Waals surface area contributed by atoms with Gasteiger partial charge in [-0.2, -0.15) is 0 Å². The van der Waals surface area contributed by atoms with Gasteiger partial charge in [-0.15, -0.1) is 10.2 Å². The molecule has 1 saturated heterocycles. The van der Waals surface area contributed by atoms with Gasteiger partial charge in [-0.25, -0.2) is 0 Å². The molecule has 1 amide bonds. The topological polar surface area (TPSA) is 103 Å². The van der Waals surface area contributed by atoms with Gasteiger partial charge in [0.25, 0.3) is 0 Å². The third-order valence-corrected chi connectivity index (χ3v) is 10.0. The maximum absolute atomic E-state index is 13.8. The van der Waals surface area contributed by atoms with Gasteiger partial charge in [-0.1, -0.05) is 78.9 Å². The Morgan fingerprint density at radius 1 is 0.750 bits per heavy atom. The first-order valence-electron chi connectivity index (χ1n) is 17.2. The van der Waals surface area contributed by atoms with E-state index in [1.165, 1.54) is 32.8 Å². The smallest absolute Gasteiger partial charge is 0.223 e. The molecule has 0 unspecified atom stereocenters. The lowest BCUT2D eigenvalue weighted by Gasteiger charge is -2.26. The van der Waals surface area contributed by atoms with Gasteiger partial charge in [0, 0.05) is 53.0 Å². The average molecular weight is 636 g/mol. The number of aromatic amines is 2. The number of para-hydroxylation sites is 2. The molecule has 4 heterocycles. The van der Waals surface area contributed by atoms with E-state index in [9.17, 15) is 4.79 Å². The molecule has 7 aromatic rings. The van der Waals surface area contributed by atoms with E-state index in [2.05, 4.69) is 122 Å². The third kappa shape index (κ3) is 6.11. The molecule has 1 fully saturated rings. The van der Waals surface area contributed by atoms with Crippen molar-refractivity contribution in [3.8, 4) is 0 Å². The van der Waals surface area contributed by atoms with Gasteiger partial charge in [0.05, 0.1) is 12.6 Å². The molecular weight excluding hydrogens is 594 g/mol. The number of benzene rings is 4. The van der Waals surface area contributed by atoms with Crippen LogP contribution in [0.2, 0.25) is 0 Å². The highest BCUT2D eigenvalue weighted by Crippen LogP contribution is 2.28. The molecule has 1 aliphatic rings. The SMILES string of the molecule is O=C(N[C@H](Cc1c[nH]c2ccccc12)c1nnc(CCCc2c[nH]c3ccccc23)n1Cc1cccc2ccccc12)C1CCNCC1. The summed E-state index contributed by atoms with van der Waals surface area (Å²) in [5, 5.41) is 21.5. The number of nitrogens with one attached hydrogen (secondary N) is 4. The number of fused-ring (bicyclic) bond motifs is 3. The summed E-state index contributed by atoms with van der Waals surface area (Å²) in [4.78, 5) is 20.7. The highest BCUT2D eigenvalue weighted by Gasteiger charge is 2.29. The molecule has 8 heteroatoms. The molecular formula is C40H41N7O. The number of hydrogen-bond acceptors (Lipinski definition) is 4. The minimum Gasteiger partial charge on any atom is -0.361 e. The quantitative estimate of drug-likeness (QED) is 0.123. The fourth-order valence-electron chi connectivity index (χ4n) is 7.44. The first kappa shape index (κ1) is 30.1. The Hall–Kier alpha value is -5.21. The fourth-order valence-corrected chi connectivity index (χ4v) is 7.44. The van der Waals surface area contributed by atoms with E-state index in [0.717, 1.165) is 73.3 Å². The number of nitrogens with zero attached hydrogens (tertiary/aromatic N) is 3. The third-order valence-electron chi connectivity index (χ3n) is 10.0. The van der Waals surface area contributed by atoms with Crippen LogP contribution in [0.15, 0.2) is 103 Å². The lowest BCUT2D eigenvalue weighted by atomic mass is 9.96. The summed E-state index contributed by atoms with van der Waals surface area (Å²) in [5.41, 5.74) is 5.94. The maximum Gasteiger partial charge on any atom is 0.223 e. The molecule has 8 rings (SSSR count). The zero-order valence-corrected chi connectivity index (χ0v) is 27.1. The molecule has 0 saturated carbocycles. The Balaban J connectivity index is 1.16.